The minimum Gasteiger partial charge on any atom is -0.494 e. The van der Waals surface area contributed by atoms with Gasteiger partial charge in [0.25, 0.3) is 0 Å². The van der Waals surface area contributed by atoms with Crippen LogP contribution in [0.1, 0.15) is 183 Å². The lowest BCUT2D eigenvalue weighted by atomic mass is 10.1. The number of Topliss-reactive ketones (excluding diaryl/α,β-unsaturated/α-hetero) is 1. The lowest BCUT2D eigenvalue weighted by molar-refractivity contribution is -0.143. The van der Waals surface area contributed by atoms with E-state index in [9.17, 15) is 19.5 Å². The number of aliphatic hydroxyl groups excluding tert-OH is 1. The summed E-state index contributed by atoms with van der Waals surface area (Å²) in [6, 6.07) is 32.8. The largest absolute Gasteiger partial charge is 0.494 e. The molecular formula is C64H92N2O9S2. The third-order valence-corrected chi connectivity index (χ3v) is 12.8. The predicted molar refractivity (Wildman–Crippen MR) is 320 cm³/mol. The molecule has 0 saturated heterocycles. The lowest BCUT2D eigenvalue weighted by Gasteiger charge is -2.08. The Hall–Kier alpha value is -5.89. The number of carbonyl (C=O) groups is 3. The summed E-state index contributed by atoms with van der Waals surface area (Å²) >= 11 is 2.93. The Labute approximate surface area is 471 Å². The summed E-state index contributed by atoms with van der Waals surface area (Å²) < 4.78 is 26.5. The van der Waals surface area contributed by atoms with E-state index in [4.69, 9.17) is 23.7 Å². The zero-order valence-corrected chi connectivity index (χ0v) is 49.6. The zero-order valence-electron chi connectivity index (χ0n) is 48.0. The van der Waals surface area contributed by atoms with Crippen LogP contribution in [0.5, 0.6) is 23.0 Å². The highest BCUT2D eigenvalue weighted by atomic mass is 32.1. The van der Waals surface area contributed by atoms with Crippen LogP contribution in [0.25, 0.3) is 0 Å². The molecule has 0 saturated carbocycles. The van der Waals surface area contributed by atoms with Gasteiger partial charge in [0.15, 0.2) is 10.8 Å². The van der Waals surface area contributed by atoms with Crippen molar-refractivity contribution in [1.29, 1.82) is 0 Å². The van der Waals surface area contributed by atoms with E-state index in [-0.39, 0.29) is 11.8 Å². The molecule has 4 aromatic carbocycles. The average Bonchev–Trinajstić information content (AvgIpc) is 4.23. The first kappa shape index (κ1) is 69.1. The van der Waals surface area contributed by atoms with Crippen LogP contribution in [0.2, 0.25) is 0 Å². The number of hydrogen-bond donors (Lipinski definition) is 1. The van der Waals surface area contributed by atoms with Crippen molar-refractivity contribution in [1.82, 2.24) is 9.97 Å². The third kappa shape index (κ3) is 33.8. The van der Waals surface area contributed by atoms with E-state index < -0.39 is 6.10 Å². The molecule has 0 amide bonds. The van der Waals surface area contributed by atoms with Crippen molar-refractivity contribution in [3.63, 3.8) is 0 Å². The number of ketones is 1. The van der Waals surface area contributed by atoms with Crippen LogP contribution in [0.4, 0.5) is 0 Å². The third-order valence-electron chi connectivity index (χ3n) is 11.1. The number of aryl methyl sites for hydroxylation is 4. The van der Waals surface area contributed by atoms with Crippen LogP contribution < -0.4 is 18.9 Å². The van der Waals surface area contributed by atoms with E-state index in [0.717, 1.165) is 118 Å². The van der Waals surface area contributed by atoms with Gasteiger partial charge in [0.05, 0.1) is 33.0 Å². The van der Waals surface area contributed by atoms with Crippen molar-refractivity contribution in [3.8, 4) is 23.0 Å². The summed E-state index contributed by atoms with van der Waals surface area (Å²) in [5.74, 6) is 3.74. The SMILES string of the molecule is CC.CC.CCOC(=O)CCCCc1ccc(OCC)cc1.CCOc1ccc(CCCCC(=O)c2nccs2)cc1.CCOc1ccc(CCCCC(O)c2nccs2)cc1.CCOc1ccc(CCCCC=O)cc1. The van der Waals surface area contributed by atoms with Gasteiger partial charge in [-0.05, 0) is 182 Å². The second-order valence-corrected chi connectivity index (χ2v) is 18.7. The Morgan fingerprint density at radius 2 is 0.870 bits per heavy atom. The molecule has 0 aliphatic carbocycles. The Balaban J connectivity index is 0.000000505. The van der Waals surface area contributed by atoms with E-state index >= 15 is 0 Å². The topological polar surface area (TPSA) is 143 Å². The molecule has 1 N–H and O–H groups in total. The fourth-order valence-electron chi connectivity index (χ4n) is 7.34. The second-order valence-electron chi connectivity index (χ2n) is 16.8. The number of hydrogen-bond acceptors (Lipinski definition) is 13. The molecule has 0 spiro atoms. The van der Waals surface area contributed by atoms with Crippen LogP contribution in [0.15, 0.2) is 120 Å². The number of aliphatic hydroxyl groups is 1. The number of ether oxygens (including phenoxy) is 5. The smallest absolute Gasteiger partial charge is 0.305 e. The summed E-state index contributed by atoms with van der Waals surface area (Å²) in [6.07, 6.45) is 18.6. The maximum absolute atomic E-state index is 11.8. The molecule has 0 radical (unpaired) electrons. The quantitative estimate of drug-likeness (QED) is 0.0192. The number of aromatic nitrogens is 2. The number of rotatable bonds is 31. The summed E-state index contributed by atoms with van der Waals surface area (Å²) in [5.41, 5.74) is 5.19. The fraction of sp³-hybridized carbons (Fsp3) is 0.484. The van der Waals surface area contributed by atoms with Gasteiger partial charge in [-0.25, -0.2) is 9.97 Å². The van der Waals surface area contributed by atoms with Crippen molar-refractivity contribution < 1.29 is 43.2 Å². The normalized spacial score (nSPS) is 10.4. The van der Waals surface area contributed by atoms with E-state index in [1.54, 1.807) is 12.4 Å². The van der Waals surface area contributed by atoms with Crippen molar-refractivity contribution in [3.05, 3.63) is 152 Å². The Morgan fingerprint density at radius 3 is 1.22 bits per heavy atom. The molecule has 6 aromatic rings. The first-order valence-corrected chi connectivity index (χ1v) is 29.9. The molecule has 1 atom stereocenters. The van der Waals surface area contributed by atoms with Gasteiger partial charge in [-0.3, -0.25) is 9.59 Å². The average molecular weight is 1100 g/mol. The first-order chi connectivity index (χ1) is 37.7. The molecule has 1 unspecified atom stereocenters. The maximum Gasteiger partial charge on any atom is 0.305 e. The van der Waals surface area contributed by atoms with Crippen molar-refractivity contribution in [2.45, 2.75) is 171 Å². The Bertz CT molecular complexity index is 2270. The number of nitrogens with zero attached hydrogens (tertiary/aromatic N) is 2. The monoisotopic (exact) mass is 1100 g/mol. The number of aldehydes is 1. The van der Waals surface area contributed by atoms with Crippen LogP contribution in [0, 0.1) is 0 Å². The van der Waals surface area contributed by atoms with Gasteiger partial charge in [-0.2, -0.15) is 0 Å². The second kappa shape index (κ2) is 47.3. The summed E-state index contributed by atoms with van der Waals surface area (Å²) in [4.78, 5) is 41.2. The van der Waals surface area contributed by atoms with Crippen LogP contribution in [0.3, 0.4) is 0 Å². The summed E-state index contributed by atoms with van der Waals surface area (Å²) in [5, 5.41) is 15.1. The standard InChI is InChI=1S/C16H21NO2S.C16H19NO2S.C15H22O3.C13H18O2.2C2H6/c2*1-2-19-14-9-7-13(8-10-14)5-3-4-6-15(18)16-17-11-12-20-16;1-3-17-14-11-9-13(10-12-14)7-5-6-8-15(16)18-4-2;1-2-15-13-9-7-12(8-10-13)6-4-3-5-11-14;2*1-2/h7-12,15,18H,2-6H2,1H3;7-12H,2-6H2,1H3;9-12H,3-8H2,1-2H3;7-11H,2-6H2,1H3;2*1-2H3. The highest BCUT2D eigenvalue weighted by Crippen LogP contribution is 2.23. The minimum absolute atomic E-state index is 0.0933. The molecule has 6 rings (SSSR count). The molecule has 77 heavy (non-hydrogen) atoms. The van der Waals surface area contributed by atoms with Gasteiger partial charge >= 0.3 is 5.97 Å². The highest BCUT2D eigenvalue weighted by Gasteiger charge is 2.10. The molecule has 424 valence electrons. The summed E-state index contributed by atoms with van der Waals surface area (Å²) in [7, 11) is 0. The molecule has 0 aliphatic rings. The number of carbonyl (C=O) groups excluding carboxylic acids is 3. The molecule has 2 heterocycles. The first-order valence-electron chi connectivity index (χ1n) is 28.2. The molecule has 0 aliphatic heterocycles. The van der Waals surface area contributed by atoms with Crippen LogP contribution in [-0.4, -0.2) is 66.1 Å². The van der Waals surface area contributed by atoms with Crippen molar-refractivity contribution in [2.24, 2.45) is 0 Å². The van der Waals surface area contributed by atoms with E-state index in [2.05, 4.69) is 58.5 Å². The van der Waals surface area contributed by atoms with Crippen molar-refractivity contribution >= 4 is 40.7 Å². The molecule has 13 heteroatoms. The Morgan fingerprint density at radius 1 is 0.494 bits per heavy atom. The molecule has 0 fully saturated rings. The lowest BCUT2D eigenvalue weighted by Crippen LogP contribution is -2.03. The van der Waals surface area contributed by atoms with E-state index in [0.29, 0.717) is 57.3 Å². The molecular weight excluding hydrogens is 1000 g/mol. The van der Waals surface area contributed by atoms with Gasteiger partial charge in [0.2, 0.25) is 0 Å². The van der Waals surface area contributed by atoms with Gasteiger partial charge < -0.3 is 33.6 Å². The fourth-order valence-corrected chi connectivity index (χ4v) is 8.60. The van der Waals surface area contributed by atoms with E-state index in [1.165, 1.54) is 44.9 Å². The van der Waals surface area contributed by atoms with Crippen LogP contribution in [-0.2, 0) is 40.0 Å². The number of thiazole rings is 2. The number of unbranched alkanes of at least 4 members (excludes halogenated alkanes) is 5. The maximum atomic E-state index is 11.8. The molecule has 11 nitrogen and oxygen atoms in total. The minimum atomic E-state index is -0.407. The van der Waals surface area contributed by atoms with Gasteiger partial charge in [-0.1, -0.05) is 82.6 Å². The van der Waals surface area contributed by atoms with Crippen molar-refractivity contribution in [2.75, 3.05) is 33.0 Å². The Kier molecular flexibility index (Phi) is 42.5. The summed E-state index contributed by atoms with van der Waals surface area (Å²) in [6.45, 7) is 21.0. The zero-order chi connectivity index (χ0) is 56.6. The predicted octanol–water partition coefficient (Wildman–Crippen LogP) is 16.5. The van der Waals surface area contributed by atoms with Crippen LogP contribution >= 0.6 is 22.7 Å². The molecule has 0 bridgehead atoms. The van der Waals surface area contributed by atoms with Gasteiger partial charge in [-0.15, -0.1) is 22.7 Å². The van der Waals surface area contributed by atoms with E-state index in [1.807, 2.05) is 122 Å². The van der Waals surface area contributed by atoms with Gasteiger partial charge in [0, 0.05) is 42.4 Å². The van der Waals surface area contributed by atoms with Gasteiger partial charge in [0.1, 0.15) is 40.4 Å². The molecule has 2 aromatic heterocycles. The highest BCUT2D eigenvalue weighted by molar-refractivity contribution is 7.11. The number of esters is 1. The number of benzene rings is 4.